The Morgan fingerprint density at radius 3 is 2.40 bits per heavy atom. The zero-order chi connectivity index (χ0) is 14.2. The van der Waals surface area contributed by atoms with E-state index in [0.29, 0.717) is 6.61 Å². The molecule has 2 aromatic rings. The summed E-state index contributed by atoms with van der Waals surface area (Å²) in [7, 11) is 0. The minimum atomic E-state index is 0.219. The summed E-state index contributed by atoms with van der Waals surface area (Å²) in [6.45, 7) is 5.89. The van der Waals surface area contributed by atoms with E-state index in [4.69, 9.17) is 4.74 Å². The third-order valence-electron chi connectivity index (χ3n) is 3.23. The summed E-state index contributed by atoms with van der Waals surface area (Å²) in [4.78, 5) is 0. The summed E-state index contributed by atoms with van der Waals surface area (Å²) < 4.78 is 5.61. The maximum Gasteiger partial charge on any atom is 0.119 e. The Kier molecular flexibility index (Phi) is 5.63. The molecule has 1 atom stereocenters. The Balaban J connectivity index is 2.28. The van der Waals surface area contributed by atoms with Crippen LogP contribution in [-0.4, -0.2) is 13.2 Å². The van der Waals surface area contributed by atoms with Crippen molar-refractivity contribution in [3.8, 4) is 5.75 Å². The van der Waals surface area contributed by atoms with E-state index in [1.165, 1.54) is 11.1 Å². The molecule has 0 heterocycles. The molecule has 0 spiro atoms. The quantitative estimate of drug-likeness (QED) is 0.814. The van der Waals surface area contributed by atoms with Crippen molar-refractivity contribution >= 4 is 0 Å². The summed E-state index contributed by atoms with van der Waals surface area (Å²) in [5, 5.41) is 3.62. The van der Waals surface area contributed by atoms with Crippen LogP contribution < -0.4 is 10.1 Å². The molecule has 0 aliphatic rings. The predicted molar refractivity (Wildman–Crippen MR) is 84.2 cm³/mol. The molecule has 0 amide bonds. The Bertz CT molecular complexity index is 510. The van der Waals surface area contributed by atoms with E-state index in [9.17, 15) is 0 Å². The first-order valence-electron chi connectivity index (χ1n) is 7.36. The van der Waals surface area contributed by atoms with Gasteiger partial charge in [-0.3, -0.25) is 0 Å². The fraction of sp³-hybridized carbons (Fsp3) is 0.333. The third-order valence-corrected chi connectivity index (χ3v) is 3.23. The van der Waals surface area contributed by atoms with Gasteiger partial charge in [0.15, 0.2) is 0 Å². The fourth-order valence-electron chi connectivity index (χ4n) is 2.31. The maximum atomic E-state index is 5.61. The average molecular weight is 269 g/mol. The van der Waals surface area contributed by atoms with E-state index in [1.807, 2.05) is 13.0 Å². The molecule has 1 unspecified atom stereocenters. The molecule has 2 heteroatoms. The van der Waals surface area contributed by atoms with Crippen molar-refractivity contribution in [2.75, 3.05) is 13.2 Å². The standard InChI is InChI=1S/C18H23NO/c1-3-13-19-18(15-9-6-5-7-10-15)16-11-8-12-17(14-16)20-4-2/h5-12,14,18-19H,3-4,13H2,1-2H3. The Morgan fingerprint density at radius 1 is 0.950 bits per heavy atom. The third kappa shape index (κ3) is 3.84. The van der Waals surface area contributed by atoms with Gasteiger partial charge in [-0.05, 0) is 43.1 Å². The lowest BCUT2D eigenvalue weighted by atomic mass is 9.98. The summed E-state index contributed by atoms with van der Waals surface area (Å²) in [5.74, 6) is 0.934. The Hall–Kier alpha value is -1.80. The van der Waals surface area contributed by atoms with Crippen molar-refractivity contribution in [3.05, 3.63) is 65.7 Å². The van der Waals surface area contributed by atoms with Crippen LogP contribution in [0.25, 0.3) is 0 Å². The van der Waals surface area contributed by atoms with Crippen LogP contribution >= 0.6 is 0 Å². The summed E-state index contributed by atoms with van der Waals surface area (Å²) in [5.41, 5.74) is 2.53. The molecule has 2 aromatic carbocycles. The van der Waals surface area contributed by atoms with Gasteiger partial charge in [-0.1, -0.05) is 49.4 Å². The van der Waals surface area contributed by atoms with Crippen molar-refractivity contribution in [2.45, 2.75) is 26.3 Å². The zero-order valence-corrected chi connectivity index (χ0v) is 12.3. The zero-order valence-electron chi connectivity index (χ0n) is 12.3. The molecule has 1 N–H and O–H groups in total. The van der Waals surface area contributed by atoms with E-state index in [-0.39, 0.29) is 6.04 Å². The molecule has 106 valence electrons. The molecular formula is C18H23NO. The number of rotatable bonds is 7. The van der Waals surface area contributed by atoms with Gasteiger partial charge < -0.3 is 10.1 Å². The van der Waals surface area contributed by atoms with E-state index < -0.39 is 0 Å². The minimum absolute atomic E-state index is 0.219. The van der Waals surface area contributed by atoms with Gasteiger partial charge in [0.05, 0.1) is 12.6 Å². The van der Waals surface area contributed by atoms with Gasteiger partial charge in [0, 0.05) is 0 Å². The number of benzene rings is 2. The average Bonchev–Trinajstić information content (AvgIpc) is 2.50. The van der Waals surface area contributed by atoms with Crippen LogP contribution in [0.2, 0.25) is 0 Å². The number of hydrogen-bond acceptors (Lipinski definition) is 2. The lowest BCUT2D eigenvalue weighted by Gasteiger charge is -2.20. The molecule has 0 radical (unpaired) electrons. The van der Waals surface area contributed by atoms with Crippen LogP contribution in [0, 0.1) is 0 Å². The highest BCUT2D eigenvalue weighted by Gasteiger charge is 2.13. The minimum Gasteiger partial charge on any atom is -0.494 e. The van der Waals surface area contributed by atoms with Crippen molar-refractivity contribution in [2.24, 2.45) is 0 Å². The molecule has 0 bridgehead atoms. The van der Waals surface area contributed by atoms with Gasteiger partial charge in [-0.15, -0.1) is 0 Å². The molecule has 2 nitrogen and oxygen atoms in total. The van der Waals surface area contributed by atoms with Crippen LogP contribution in [0.4, 0.5) is 0 Å². The van der Waals surface area contributed by atoms with Crippen LogP contribution in [-0.2, 0) is 0 Å². The summed E-state index contributed by atoms with van der Waals surface area (Å²) in [6.07, 6.45) is 1.12. The molecule has 0 aromatic heterocycles. The number of ether oxygens (including phenoxy) is 1. The molecule has 0 aliphatic heterocycles. The lowest BCUT2D eigenvalue weighted by molar-refractivity contribution is 0.339. The van der Waals surface area contributed by atoms with Gasteiger partial charge in [0.2, 0.25) is 0 Å². The van der Waals surface area contributed by atoms with Crippen molar-refractivity contribution < 1.29 is 4.74 Å². The van der Waals surface area contributed by atoms with E-state index in [2.05, 4.69) is 60.8 Å². The highest BCUT2D eigenvalue weighted by Crippen LogP contribution is 2.25. The summed E-state index contributed by atoms with van der Waals surface area (Å²) >= 11 is 0. The first-order valence-corrected chi connectivity index (χ1v) is 7.36. The molecule has 2 rings (SSSR count). The molecular weight excluding hydrogens is 246 g/mol. The molecule has 0 saturated carbocycles. The van der Waals surface area contributed by atoms with Crippen LogP contribution in [0.3, 0.4) is 0 Å². The molecule has 0 aliphatic carbocycles. The van der Waals surface area contributed by atoms with Crippen LogP contribution in [0.1, 0.15) is 37.4 Å². The van der Waals surface area contributed by atoms with Gasteiger partial charge in [0.1, 0.15) is 5.75 Å². The number of hydrogen-bond donors (Lipinski definition) is 1. The van der Waals surface area contributed by atoms with Crippen molar-refractivity contribution in [1.29, 1.82) is 0 Å². The highest BCUT2D eigenvalue weighted by atomic mass is 16.5. The van der Waals surface area contributed by atoms with Crippen molar-refractivity contribution in [1.82, 2.24) is 5.32 Å². The van der Waals surface area contributed by atoms with Gasteiger partial charge in [-0.25, -0.2) is 0 Å². The predicted octanol–water partition coefficient (Wildman–Crippen LogP) is 4.17. The topological polar surface area (TPSA) is 21.3 Å². The Labute approximate surface area is 121 Å². The largest absolute Gasteiger partial charge is 0.494 e. The van der Waals surface area contributed by atoms with E-state index >= 15 is 0 Å². The lowest BCUT2D eigenvalue weighted by Crippen LogP contribution is -2.23. The highest BCUT2D eigenvalue weighted by molar-refractivity contribution is 5.36. The second-order valence-corrected chi connectivity index (χ2v) is 4.80. The maximum absolute atomic E-state index is 5.61. The smallest absolute Gasteiger partial charge is 0.119 e. The molecule has 0 saturated heterocycles. The second kappa shape index (κ2) is 7.71. The molecule has 0 fully saturated rings. The monoisotopic (exact) mass is 269 g/mol. The fourth-order valence-corrected chi connectivity index (χ4v) is 2.31. The normalized spacial score (nSPS) is 12.1. The van der Waals surface area contributed by atoms with Gasteiger partial charge in [0.25, 0.3) is 0 Å². The van der Waals surface area contributed by atoms with Gasteiger partial charge >= 0.3 is 0 Å². The Morgan fingerprint density at radius 2 is 1.70 bits per heavy atom. The number of nitrogens with one attached hydrogen (secondary N) is 1. The first-order chi connectivity index (χ1) is 9.85. The first kappa shape index (κ1) is 14.6. The molecule has 20 heavy (non-hydrogen) atoms. The van der Waals surface area contributed by atoms with E-state index in [1.54, 1.807) is 0 Å². The van der Waals surface area contributed by atoms with Crippen LogP contribution in [0.5, 0.6) is 5.75 Å². The van der Waals surface area contributed by atoms with Gasteiger partial charge in [-0.2, -0.15) is 0 Å². The van der Waals surface area contributed by atoms with E-state index in [0.717, 1.165) is 18.7 Å². The van der Waals surface area contributed by atoms with Crippen molar-refractivity contribution in [3.63, 3.8) is 0 Å². The second-order valence-electron chi connectivity index (χ2n) is 4.80. The van der Waals surface area contributed by atoms with Crippen LogP contribution in [0.15, 0.2) is 54.6 Å². The summed E-state index contributed by atoms with van der Waals surface area (Å²) in [6, 6.07) is 19.1. The SMILES string of the molecule is CCCNC(c1ccccc1)c1cccc(OCC)c1.